The Kier molecular flexibility index (Phi) is 6.48. The Labute approximate surface area is 131 Å². The molecule has 1 aliphatic rings. The smallest absolute Gasteiger partial charge is 0.251 e. The Bertz CT molecular complexity index is 487. The molecule has 1 atom stereocenters. The highest BCUT2D eigenvalue weighted by Crippen LogP contribution is 2.28. The Morgan fingerprint density at radius 3 is 2.77 bits per heavy atom. The van der Waals surface area contributed by atoms with Crippen molar-refractivity contribution in [1.82, 2.24) is 10.6 Å². The van der Waals surface area contributed by atoms with Crippen molar-refractivity contribution >= 4 is 5.91 Å². The third-order valence-corrected chi connectivity index (χ3v) is 3.30. The van der Waals surface area contributed by atoms with E-state index in [0.717, 1.165) is 13.1 Å². The molecule has 1 aliphatic heterocycles. The zero-order chi connectivity index (χ0) is 15.8. The van der Waals surface area contributed by atoms with E-state index in [1.54, 1.807) is 18.2 Å². The molecule has 1 heterocycles. The third-order valence-electron chi connectivity index (χ3n) is 3.30. The molecule has 0 bridgehead atoms. The maximum atomic E-state index is 12.2. The van der Waals surface area contributed by atoms with Gasteiger partial charge in [0.15, 0.2) is 11.5 Å². The van der Waals surface area contributed by atoms with Crippen molar-refractivity contribution in [2.75, 3.05) is 39.5 Å². The van der Waals surface area contributed by atoms with Crippen LogP contribution in [0.5, 0.6) is 11.5 Å². The molecule has 1 amide bonds. The van der Waals surface area contributed by atoms with Crippen LogP contribution in [-0.2, 0) is 4.74 Å². The minimum absolute atomic E-state index is 0.0201. The van der Waals surface area contributed by atoms with Gasteiger partial charge in [-0.1, -0.05) is 0 Å². The van der Waals surface area contributed by atoms with Crippen LogP contribution in [0.1, 0.15) is 24.2 Å². The molecule has 6 heteroatoms. The van der Waals surface area contributed by atoms with Crippen molar-refractivity contribution in [2.24, 2.45) is 0 Å². The van der Waals surface area contributed by atoms with Crippen molar-refractivity contribution in [3.63, 3.8) is 0 Å². The molecule has 0 radical (unpaired) electrons. The van der Waals surface area contributed by atoms with Gasteiger partial charge >= 0.3 is 0 Å². The predicted molar refractivity (Wildman–Crippen MR) is 83.7 cm³/mol. The second kappa shape index (κ2) is 8.60. The molecule has 2 N–H and O–H groups in total. The zero-order valence-electron chi connectivity index (χ0n) is 13.2. The summed E-state index contributed by atoms with van der Waals surface area (Å²) in [5, 5.41) is 6.12. The van der Waals surface area contributed by atoms with Crippen LogP contribution in [0.25, 0.3) is 0 Å². The SMILES string of the molecule is CCOc1ccc(C(=O)NCC2CNCCO2)cc1OCC. The Hall–Kier alpha value is -1.79. The summed E-state index contributed by atoms with van der Waals surface area (Å²) in [6, 6.07) is 5.22. The number of carbonyl (C=O) groups is 1. The third kappa shape index (κ3) is 4.61. The number of nitrogens with one attached hydrogen (secondary N) is 2. The summed E-state index contributed by atoms with van der Waals surface area (Å²) in [7, 11) is 0. The fourth-order valence-electron chi connectivity index (χ4n) is 2.25. The van der Waals surface area contributed by atoms with Gasteiger partial charge in [-0.25, -0.2) is 0 Å². The largest absolute Gasteiger partial charge is 0.490 e. The number of rotatable bonds is 7. The maximum absolute atomic E-state index is 12.2. The van der Waals surface area contributed by atoms with Gasteiger partial charge in [0, 0.05) is 25.2 Å². The molecular formula is C16H24N2O4. The molecule has 122 valence electrons. The van der Waals surface area contributed by atoms with E-state index in [9.17, 15) is 4.79 Å². The molecule has 6 nitrogen and oxygen atoms in total. The average Bonchev–Trinajstić information content (AvgIpc) is 2.55. The van der Waals surface area contributed by atoms with Gasteiger partial charge in [0.1, 0.15) is 0 Å². The van der Waals surface area contributed by atoms with Crippen LogP contribution in [0.3, 0.4) is 0 Å². The lowest BCUT2D eigenvalue weighted by Crippen LogP contribution is -2.45. The first-order chi connectivity index (χ1) is 10.7. The zero-order valence-corrected chi connectivity index (χ0v) is 13.2. The van der Waals surface area contributed by atoms with Crippen LogP contribution in [0.4, 0.5) is 0 Å². The highest BCUT2D eigenvalue weighted by molar-refractivity contribution is 5.94. The van der Waals surface area contributed by atoms with Gasteiger partial charge < -0.3 is 24.8 Å². The van der Waals surface area contributed by atoms with Gasteiger partial charge in [0.05, 0.1) is 25.9 Å². The number of ether oxygens (including phenoxy) is 3. The topological polar surface area (TPSA) is 68.8 Å². The van der Waals surface area contributed by atoms with E-state index in [1.165, 1.54) is 0 Å². The van der Waals surface area contributed by atoms with Crippen LogP contribution in [-0.4, -0.2) is 51.5 Å². The first-order valence-electron chi connectivity index (χ1n) is 7.74. The quantitative estimate of drug-likeness (QED) is 0.792. The minimum Gasteiger partial charge on any atom is -0.490 e. The van der Waals surface area contributed by atoms with E-state index >= 15 is 0 Å². The summed E-state index contributed by atoms with van der Waals surface area (Å²) in [5.41, 5.74) is 0.552. The first-order valence-corrected chi connectivity index (χ1v) is 7.74. The second-order valence-electron chi connectivity index (χ2n) is 4.93. The molecule has 1 saturated heterocycles. The number of amides is 1. The van der Waals surface area contributed by atoms with Crippen molar-refractivity contribution < 1.29 is 19.0 Å². The van der Waals surface area contributed by atoms with E-state index in [-0.39, 0.29) is 12.0 Å². The van der Waals surface area contributed by atoms with E-state index in [0.29, 0.717) is 43.4 Å². The Morgan fingerprint density at radius 1 is 1.32 bits per heavy atom. The predicted octanol–water partition coefficient (Wildman–Crippen LogP) is 1.20. The molecule has 0 aliphatic carbocycles. The monoisotopic (exact) mass is 308 g/mol. The lowest BCUT2D eigenvalue weighted by molar-refractivity contribution is 0.0287. The van der Waals surface area contributed by atoms with E-state index in [2.05, 4.69) is 10.6 Å². The van der Waals surface area contributed by atoms with E-state index in [4.69, 9.17) is 14.2 Å². The van der Waals surface area contributed by atoms with Crippen LogP contribution in [0.15, 0.2) is 18.2 Å². The van der Waals surface area contributed by atoms with Crippen molar-refractivity contribution in [3.8, 4) is 11.5 Å². The number of hydrogen-bond acceptors (Lipinski definition) is 5. The van der Waals surface area contributed by atoms with Crippen molar-refractivity contribution in [3.05, 3.63) is 23.8 Å². The molecule has 1 aromatic rings. The Morgan fingerprint density at radius 2 is 2.09 bits per heavy atom. The summed E-state index contributed by atoms with van der Waals surface area (Å²) in [5.74, 6) is 1.10. The summed E-state index contributed by atoms with van der Waals surface area (Å²) in [6.07, 6.45) is 0.0201. The van der Waals surface area contributed by atoms with Crippen LogP contribution < -0.4 is 20.1 Å². The molecule has 22 heavy (non-hydrogen) atoms. The summed E-state index contributed by atoms with van der Waals surface area (Å²) in [4.78, 5) is 12.2. The number of benzene rings is 1. The van der Waals surface area contributed by atoms with Gasteiger partial charge in [-0.3, -0.25) is 4.79 Å². The van der Waals surface area contributed by atoms with Gasteiger partial charge in [-0.15, -0.1) is 0 Å². The van der Waals surface area contributed by atoms with Crippen molar-refractivity contribution in [2.45, 2.75) is 20.0 Å². The van der Waals surface area contributed by atoms with Gasteiger partial charge in [-0.05, 0) is 32.0 Å². The van der Waals surface area contributed by atoms with Crippen LogP contribution in [0.2, 0.25) is 0 Å². The molecular weight excluding hydrogens is 284 g/mol. The molecule has 0 spiro atoms. The molecule has 0 saturated carbocycles. The fraction of sp³-hybridized carbons (Fsp3) is 0.562. The first kappa shape index (κ1) is 16.6. The fourth-order valence-corrected chi connectivity index (χ4v) is 2.25. The number of carbonyl (C=O) groups excluding carboxylic acids is 1. The Balaban J connectivity index is 1.97. The van der Waals surface area contributed by atoms with Gasteiger partial charge in [0.25, 0.3) is 5.91 Å². The lowest BCUT2D eigenvalue weighted by atomic mass is 10.2. The average molecular weight is 308 g/mol. The van der Waals surface area contributed by atoms with E-state index in [1.807, 2.05) is 13.8 Å². The van der Waals surface area contributed by atoms with Crippen molar-refractivity contribution in [1.29, 1.82) is 0 Å². The van der Waals surface area contributed by atoms with Crippen LogP contribution in [0, 0.1) is 0 Å². The highest BCUT2D eigenvalue weighted by atomic mass is 16.5. The molecule has 1 aromatic carbocycles. The maximum Gasteiger partial charge on any atom is 0.251 e. The summed E-state index contributed by atoms with van der Waals surface area (Å²) < 4.78 is 16.6. The highest BCUT2D eigenvalue weighted by Gasteiger charge is 2.16. The minimum atomic E-state index is -0.141. The molecule has 1 fully saturated rings. The van der Waals surface area contributed by atoms with Gasteiger partial charge in [0.2, 0.25) is 0 Å². The molecule has 0 aromatic heterocycles. The lowest BCUT2D eigenvalue weighted by Gasteiger charge is -2.23. The number of morpholine rings is 1. The normalized spacial score (nSPS) is 17.8. The standard InChI is InChI=1S/C16H24N2O4/c1-3-20-14-6-5-12(9-15(14)21-4-2)16(19)18-11-13-10-17-7-8-22-13/h5-6,9,13,17H,3-4,7-8,10-11H2,1-2H3,(H,18,19). The van der Waals surface area contributed by atoms with Gasteiger partial charge in [-0.2, -0.15) is 0 Å². The summed E-state index contributed by atoms with van der Waals surface area (Å²) >= 11 is 0. The number of hydrogen-bond donors (Lipinski definition) is 2. The van der Waals surface area contributed by atoms with E-state index < -0.39 is 0 Å². The second-order valence-corrected chi connectivity index (χ2v) is 4.93. The molecule has 1 unspecified atom stereocenters. The summed E-state index contributed by atoms with van der Waals surface area (Å²) in [6.45, 7) is 7.67. The molecule has 2 rings (SSSR count). The van der Waals surface area contributed by atoms with Crippen LogP contribution >= 0.6 is 0 Å².